The standard InChI is InChI=1S/C21H21NO5S/c1-3-14-28(24,25)22-15-10-12-16(13-11-15)27-20-9-5-6-17-18(20)7-4-8-19(17)21(23)26-2/h4-13,22H,3,14H2,1-2H3. The Kier molecular flexibility index (Phi) is 5.84. The van der Waals surface area contributed by atoms with Crippen molar-refractivity contribution in [1.82, 2.24) is 0 Å². The van der Waals surface area contributed by atoms with E-state index in [1.807, 2.05) is 19.1 Å². The van der Waals surface area contributed by atoms with Gasteiger partial charge in [0.15, 0.2) is 0 Å². The Morgan fingerprint density at radius 1 is 0.964 bits per heavy atom. The summed E-state index contributed by atoms with van der Waals surface area (Å²) in [6, 6.07) is 17.5. The number of carbonyl (C=O) groups excluding carboxylic acids is 1. The molecule has 0 aliphatic rings. The minimum Gasteiger partial charge on any atom is -0.465 e. The number of nitrogens with one attached hydrogen (secondary N) is 1. The van der Waals surface area contributed by atoms with Gasteiger partial charge in [-0.25, -0.2) is 13.2 Å². The van der Waals surface area contributed by atoms with Gasteiger partial charge in [0, 0.05) is 11.1 Å². The highest BCUT2D eigenvalue weighted by Crippen LogP contribution is 2.32. The molecule has 6 nitrogen and oxygen atoms in total. The molecule has 3 aromatic rings. The molecule has 0 spiro atoms. The van der Waals surface area contributed by atoms with Crippen molar-refractivity contribution in [2.45, 2.75) is 13.3 Å². The quantitative estimate of drug-likeness (QED) is 0.589. The lowest BCUT2D eigenvalue weighted by atomic mass is 10.0. The van der Waals surface area contributed by atoms with Gasteiger partial charge in [-0.05, 0) is 48.2 Å². The van der Waals surface area contributed by atoms with Crippen LogP contribution in [0.2, 0.25) is 0 Å². The van der Waals surface area contributed by atoms with Crippen molar-refractivity contribution in [1.29, 1.82) is 0 Å². The molecule has 0 aromatic heterocycles. The Morgan fingerprint density at radius 2 is 1.64 bits per heavy atom. The highest BCUT2D eigenvalue weighted by molar-refractivity contribution is 7.92. The third-order valence-electron chi connectivity index (χ3n) is 4.12. The van der Waals surface area contributed by atoms with E-state index in [-0.39, 0.29) is 5.75 Å². The first-order valence-corrected chi connectivity index (χ1v) is 10.5. The predicted molar refractivity (Wildman–Crippen MR) is 110 cm³/mol. The average Bonchev–Trinajstić information content (AvgIpc) is 2.68. The number of fused-ring (bicyclic) bond motifs is 1. The number of ether oxygens (including phenoxy) is 2. The maximum atomic E-state index is 12.0. The Morgan fingerprint density at radius 3 is 2.32 bits per heavy atom. The van der Waals surface area contributed by atoms with Gasteiger partial charge >= 0.3 is 5.97 Å². The second kappa shape index (κ2) is 8.31. The van der Waals surface area contributed by atoms with E-state index in [4.69, 9.17) is 9.47 Å². The number of rotatable bonds is 7. The highest BCUT2D eigenvalue weighted by Gasteiger charge is 2.13. The van der Waals surface area contributed by atoms with Crippen molar-refractivity contribution in [2.24, 2.45) is 0 Å². The Labute approximate surface area is 164 Å². The molecule has 146 valence electrons. The highest BCUT2D eigenvalue weighted by atomic mass is 32.2. The van der Waals surface area contributed by atoms with Crippen LogP contribution in [0.1, 0.15) is 23.7 Å². The lowest BCUT2D eigenvalue weighted by molar-refractivity contribution is 0.0603. The molecule has 0 saturated carbocycles. The summed E-state index contributed by atoms with van der Waals surface area (Å²) in [4.78, 5) is 12.0. The van der Waals surface area contributed by atoms with Gasteiger partial charge < -0.3 is 9.47 Å². The summed E-state index contributed by atoms with van der Waals surface area (Å²) in [6.07, 6.45) is 0.547. The summed E-state index contributed by atoms with van der Waals surface area (Å²) in [5, 5.41) is 1.51. The van der Waals surface area contributed by atoms with Crippen LogP contribution in [0.5, 0.6) is 11.5 Å². The number of benzene rings is 3. The van der Waals surface area contributed by atoms with Crippen LogP contribution < -0.4 is 9.46 Å². The summed E-state index contributed by atoms with van der Waals surface area (Å²) in [5.41, 5.74) is 0.942. The van der Waals surface area contributed by atoms with E-state index >= 15 is 0 Å². The lowest BCUT2D eigenvalue weighted by Gasteiger charge is -2.12. The molecule has 7 heteroatoms. The van der Waals surface area contributed by atoms with E-state index in [0.717, 1.165) is 10.8 Å². The number of sulfonamides is 1. The number of carbonyl (C=O) groups is 1. The maximum absolute atomic E-state index is 12.0. The van der Waals surface area contributed by atoms with Gasteiger partial charge in [-0.3, -0.25) is 4.72 Å². The van der Waals surface area contributed by atoms with Gasteiger partial charge in [0.1, 0.15) is 11.5 Å². The molecule has 0 bridgehead atoms. The molecule has 0 aliphatic carbocycles. The SMILES string of the molecule is CCCS(=O)(=O)Nc1ccc(Oc2cccc3c(C(=O)OC)cccc23)cc1. The molecule has 3 rings (SSSR count). The van der Waals surface area contributed by atoms with E-state index in [0.29, 0.717) is 29.2 Å². The van der Waals surface area contributed by atoms with E-state index < -0.39 is 16.0 Å². The molecule has 0 heterocycles. The Hall–Kier alpha value is -3.06. The van der Waals surface area contributed by atoms with Gasteiger partial charge in [-0.15, -0.1) is 0 Å². The number of hydrogen-bond acceptors (Lipinski definition) is 5. The predicted octanol–water partition coefficient (Wildman–Crippen LogP) is 4.57. The van der Waals surface area contributed by atoms with Crippen molar-refractivity contribution >= 4 is 32.5 Å². The van der Waals surface area contributed by atoms with Gasteiger partial charge in [-0.2, -0.15) is 0 Å². The van der Waals surface area contributed by atoms with Crippen molar-refractivity contribution in [3.05, 3.63) is 66.2 Å². The second-order valence-corrected chi connectivity index (χ2v) is 8.04. The molecule has 0 fully saturated rings. The van der Waals surface area contributed by atoms with E-state index in [9.17, 15) is 13.2 Å². The van der Waals surface area contributed by atoms with Gasteiger partial charge in [0.25, 0.3) is 0 Å². The normalized spacial score (nSPS) is 11.2. The van der Waals surface area contributed by atoms with Crippen molar-refractivity contribution in [3.8, 4) is 11.5 Å². The lowest BCUT2D eigenvalue weighted by Crippen LogP contribution is -2.15. The van der Waals surface area contributed by atoms with Gasteiger partial charge in [0.05, 0.1) is 18.4 Å². The first kappa shape index (κ1) is 19.7. The largest absolute Gasteiger partial charge is 0.465 e. The monoisotopic (exact) mass is 399 g/mol. The molecule has 0 amide bonds. The fourth-order valence-electron chi connectivity index (χ4n) is 2.88. The molecule has 0 atom stereocenters. The molecule has 1 N–H and O–H groups in total. The molecule has 0 unspecified atom stereocenters. The Bertz CT molecular complexity index is 1090. The van der Waals surface area contributed by atoms with E-state index in [1.165, 1.54) is 7.11 Å². The first-order chi connectivity index (χ1) is 13.4. The third kappa shape index (κ3) is 4.43. The number of anilines is 1. The first-order valence-electron chi connectivity index (χ1n) is 8.82. The zero-order chi connectivity index (χ0) is 20.1. The van der Waals surface area contributed by atoms with Crippen LogP contribution in [0.15, 0.2) is 60.7 Å². The van der Waals surface area contributed by atoms with Crippen LogP contribution in [0.25, 0.3) is 10.8 Å². The minimum absolute atomic E-state index is 0.0732. The number of methoxy groups -OCH3 is 1. The van der Waals surface area contributed by atoms with Crippen LogP contribution in [0.3, 0.4) is 0 Å². The molecule has 0 radical (unpaired) electrons. The molecule has 0 saturated heterocycles. The van der Waals surface area contributed by atoms with Gasteiger partial charge in [0.2, 0.25) is 10.0 Å². The topological polar surface area (TPSA) is 81.7 Å². The van der Waals surface area contributed by atoms with Crippen molar-refractivity contribution < 1.29 is 22.7 Å². The molecule has 0 aliphatic heterocycles. The summed E-state index contributed by atoms with van der Waals surface area (Å²) in [5.74, 6) is 0.799. The average molecular weight is 399 g/mol. The second-order valence-electron chi connectivity index (χ2n) is 6.20. The van der Waals surface area contributed by atoms with E-state index in [2.05, 4.69) is 4.72 Å². The maximum Gasteiger partial charge on any atom is 0.338 e. The molecular formula is C21H21NO5S. The molecule has 3 aromatic carbocycles. The van der Waals surface area contributed by atoms with Crippen LogP contribution >= 0.6 is 0 Å². The number of esters is 1. The molecule has 28 heavy (non-hydrogen) atoms. The van der Waals surface area contributed by atoms with Crippen molar-refractivity contribution in [3.63, 3.8) is 0 Å². The summed E-state index contributed by atoms with van der Waals surface area (Å²) in [6.45, 7) is 1.81. The fourth-order valence-corrected chi connectivity index (χ4v) is 4.01. The summed E-state index contributed by atoms with van der Waals surface area (Å²) >= 11 is 0. The fraction of sp³-hybridized carbons (Fsp3) is 0.190. The summed E-state index contributed by atoms with van der Waals surface area (Å²) < 4.78 is 37.0. The summed E-state index contributed by atoms with van der Waals surface area (Å²) in [7, 11) is -1.99. The number of hydrogen-bond donors (Lipinski definition) is 1. The van der Waals surface area contributed by atoms with Gasteiger partial charge in [-0.1, -0.05) is 31.2 Å². The van der Waals surface area contributed by atoms with Crippen LogP contribution in [0.4, 0.5) is 5.69 Å². The van der Waals surface area contributed by atoms with Crippen LogP contribution in [-0.4, -0.2) is 27.2 Å². The van der Waals surface area contributed by atoms with Crippen LogP contribution in [0, 0.1) is 0 Å². The Balaban J connectivity index is 1.86. The van der Waals surface area contributed by atoms with E-state index in [1.54, 1.807) is 48.5 Å². The smallest absolute Gasteiger partial charge is 0.338 e. The van der Waals surface area contributed by atoms with Crippen LogP contribution in [-0.2, 0) is 14.8 Å². The van der Waals surface area contributed by atoms with Crippen molar-refractivity contribution in [2.75, 3.05) is 17.6 Å². The minimum atomic E-state index is -3.34. The zero-order valence-corrected chi connectivity index (χ0v) is 16.5. The third-order valence-corrected chi connectivity index (χ3v) is 5.61. The zero-order valence-electron chi connectivity index (χ0n) is 15.6. The molecular weight excluding hydrogens is 378 g/mol.